The zero-order valence-corrected chi connectivity index (χ0v) is 11.0. The van der Waals surface area contributed by atoms with Gasteiger partial charge >= 0.3 is 5.97 Å². The van der Waals surface area contributed by atoms with E-state index in [0.29, 0.717) is 0 Å². The first-order valence-corrected chi connectivity index (χ1v) is 6.50. The van der Waals surface area contributed by atoms with Crippen LogP contribution in [0.5, 0.6) is 0 Å². The fraction of sp³-hybridized carbons (Fsp3) is 0.333. The van der Waals surface area contributed by atoms with Crippen molar-refractivity contribution in [3.05, 3.63) is 29.8 Å². The van der Waals surface area contributed by atoms with E-state index >= 15 is 0 Å². The minimum atomic E-state index is -1.10. The lowest BCUT2D eigenvalue weighted by Crippen LogP contribution is -2.36. The van der Waals surface area contributed by atoms with Gasteiger partial charge in [-0.25, -0.2) is 8.78 Å². The molecule has 19 heavy (non-hydrogen) atoms. The van der Waals surface area contributed by atoms with Crippen molar-refractivity contribution in [1.29, 1.82) is 0 Å². The lowest BCUT2D eigenvalue weighted by molar-refractivity contribution is -0.143. The van der Waals surface area contributed by atoms with Gasteiger partial charge in [0, 0.05) is 17.5 Å². The van der Waals surface area contributed by atoms with Crippen LogP contribution in [-0.2, 0) is 9.59 Å². The number of halogens is 2. The summed E-state index contributed by atoms with van der Waals surface area (Å²) in [5.74, 6) is -3.02. The maximum atomic E-state index is 13.3. The highest BCUT2D eigenvalue weighted by Gasteiger charge is 2.16. The van der Waals surface area contributed by atoms with E-state index in [-0.39, 0.29) is 23.7 Å². The Kier molecular flexibility index (Phi) is 5.75. The molecule has 4 nitrogen and oxygen atoms in total. The van der Waals surface area contributed by atoms with Gasteiger partial charge in [0.1, 0.15) is 18.2 Å². The quantitative estimate of drug-likeness (QED) is 0.814. The van der Waals surface area contributed by atoms with Crippen molar-refractivity contribution in [3.8, 4) is 0 Å². The van der Waals surface area contributed by atoms with Gasteiger partial charge in [-0.1, -0.05) is 0 Å². The number of carboxylic acid groups (broad SMARTS) is 1. The SMILES string of the molecule is CCN(CC(=O)O)C(=O)CSc1ccc(F)cc1F. The van der Waals surface area contributed by atoms with E-state index in [2.05, 4.69) is 0 Å². The number of carbonyl (C=O) groups is 2. The van der Waals surface area contributed by atoms with Crippen LogP contribution >= 0.6 is 11.8 Å². The molecule has 0 fully saturated rings. The molecule has 0 aliphatic rings. The molecule has 1 amide bonds. The minimum Gasteiger partial charge on any atom is -0.480 e. The molecule has 0 unspecified atom stereocenters. The van der Waals surface area contributed by atoms with Gasteiger partial charge in [0.2, 0.25) is 5.91 Å². The van der Waals surface area contributed by atoms with Gasteiger partial charge in [-0.15, -0.1) is 11.8 Å². The zero-order chi connectivity index (χ0) is 14.4. The summed E-state index contributed by atoms with van der Waals surface area (Å²) < 4.78 is 26.0. The Balaban J connectivity index is 2.60. The smallest absolute Gasteiger partial charge is 0.323 e. The number of nitrogens with zero attached hydrogens (tertiary/aromatic N) is 1. The first kappa shape index (κ1) is 15.4. The number of thioether (sulfide) groups is 1. The molecule has 0 aliphatic heterocycles. The molecule has 1 rings (SSSR count). The topological polar surface area (TPSA) is 57.6 Å². The normalized spacial score (nSPS) is 10.3. The van der Waals surface area contributed by atoms with Crippen LogP contribution in [-0.4, -0.2) is 40.7 Å². The molecular weight excluding hydrogens is 276 g/mol. The van der Waals surface area contributed by atoms with E-state index in [1.165, 1.54) is 6.07 Å². The molecule has 0 aromatic heterocycles. The highest BCUT2D eigenvalue weighted by Crippen LogP contribution is 2.22. The number of carboxylic acids is 1. The maximum absolute atomic E-state index is 13.3. The number of benzene rings is 1. The number of carbonyl (C=O) groups excluding carboxylic acids is 1. The molecule has 0 aliphatic carbocycles. The summed E-state index contributed by atoms with van der Waals surface area (Å²) in [7, 11) is 0. The highest BCUT2D eigenvalue weighted by atomic mass is 32.2. The van der Waals surface area contributed by atoms with Crippen LogP contribution in [0.15, 0.2) is 23.1 Å². The zero-order valence-electron chi connectivity index (χ0n) is 10.2. The van der Waals surface area contributed by atoms with Gasteiger partial charge in [0.05, 0.1) is 5.75 Å². The first-order valence-electron chi connectivity index (χ1n) is 5.51. The fourth-order valence-corrected chi connectivity index (χ4v) is 2.19. The van der Waals surface area contributed by atoms with Crippen molar-refractivity contribution >= 4 is 23.6 Å². The summed E-state index contributed by atoms with van der Waals surface area (Å²) in [6.45, 7) is 1.53. The van der Waals surface area contributed by atoms with E-state index in [0.717, 1.165) is 28.8 Å². The van der Waals surface area contributed by atoms with E-state index < -0.39 is 23.5 Å². The van der Waals surface area contributed by atoms with Crippen molar-refractivity contribution in [2.75, 3.05) is 18.8 Å². The van der Waals surface area contributed by atoms with E-state index in [9.17, 15) is 18.4 Å². The first-order chi connectivity index (χ1) is 8.93. The molecule has 7 heteroatoms. The summed E-state index contributed by atoms with van der Waals surface area (Å²) in [5.41, 5.74) is 0. The average molecular weight is 289 g/mol. The van der Waals surface area contributed by atoms with Gasteiger partial charge in [0.25, 0.3) is 0 Å². The van der Waals surface area contributed by atoms with Gasteiger partial charge in [-0.05, 0) is 19.1 Å². The summed E-state index contributed by atoms with van der Waals surface area (Å²) in [5, 5.41) is 8.62. The molecule has 104 valence electrons. The lowest BCUT2D eigenvalue weighted by Gasteiger charge is -2.18. The van der Waals surface area contributed by atoms with Crippen molar-refractivity contribution in [2.45, 2.75) is 11.8 Å². The molecule has 1 N–H and O–H groups in total. The Bertz CT molecular complexity index is 482. The Hall–Kier alpha value is -1.63. The second-order valence-corrected chi connectivity index (χ2v) is 4.68. The maximum Gasteiger partial charge on any atom is 0.323 e. The third kappa shape index (κ3) is 4.86. The van der Waals surface area contributed by atoms with Gasteiger partial charge < -0.3 is 10.0 Å². The predicted octanol–water partition coefficient (Wildman–Crippen LogP) is 1.99. The molecule has 0 bridgehead atoms. The molecule has 0 atom stereocenters. The van der Waals surface area contributed by atoms with Crippen LogP contribution in [0, 0.1) is 11.6 Å². The Morgan fingerprint density at radius 1 is 1.37 bits per heavy atom. The van der Waals surface area contributed by atoms with Crippen molar-refractivity contribution < 1.29 is 23.5 Å². The molecule has 0 radical (unpaired) electrons. The Morgan fingerprint density at radius 2 is 2.05 bits per heavy atom. The van der Waals surface area contributed by atoms with Crippen LogP contribution in [0.4, 0.5) is 8.78 Å². The molecule has 0 saturated heterocycles. The number of hydrogen-bond acceptors (Lipinski definition) is 3. The molecule has 0 saturated carbocycles. The fourth-order valence-electron chi connectivity index (χ4n) is 1.36. The standard InChI is InChI=1S/C12H13F2NO3S/c1-2-15(6-12(17)18)11(16)7-19-10-4-3-8(13)5-9(10)14/h3-5H,2,6-7H2,1H3,(H,17,18). The Labute approximate surface area is 113 Å². The van der Waals surface area contributed by atoms with Crippen molar-refractivity contribution in [1.82, 2.24) is 4.90 Å². The molecular formula is C12H13F2NO3S. The molecule has 0 heterocycles. The van der Waals surface area contributed by atoms with Crippen LogP contribution in [0.1, 0.15) is 6.92 Å². The van der Waals surface area contributed by atoms with Crippen LogP contribution in [0.2, 0.25) is 0 Å². The van der Waals surface area contributed by atoms with E-state index in [1.54, 1.807) is 6.92 Å². The monoisotopic (exact) mass is 289 g/mol. The molecule has 1 aromatic carbocycles. The Morgan fingerprint density at radius 3 is 2.58 bits per heavy atom. The minimum absolute atomic E-state index is 0.0936. The summed E-state index contributed by atoms with van der Waals surface area (Å²) >= 11 is 0.909. The lowest BCUT2D eigenvalue weighted by atomic mass is 10.3. The third-order valence-corrected chi connectivity index (χ3v) is 3.34. The summed E-state index contributed by atoms with van der Waals surface area (Å²) in [6.07, 6.45) is 0. The average Bonchev–Trinajstić information content (AvgIpc) is 2.34. The number of hydrogen-bond donors (Lipinski definition) is 1. The molecule has 0 spiro atoms. The van der Waals surface area contributed by atoms with Crippen LogP contribution < -0.4 is 0 Å². The predicted molar refractivity (Wildman–Crippen MR) is 67.0 cm³/mol. The largest absolute Gasteiger partial charge is 0.480 e. The number of amides is 1. The van der Waals surface area contributed by atoms with E-state index in [1.807, 2.05) is 0 Å². The van der Waals surface area contributed by atoms with Crippen molar-refractivity contribution in [3.63, 3.8) is 0 Å². The van der Waals surface area contributed by atoms with Crippen molar-refractivity contribution in [2.24, 2.45) is 0 Å². The summed E-state index contributed by atoms with van der Waals surface area (Å²) in [4.78, 5) is 23.5. The van der Waals surface area contributed by atoms with Gasteiger partial charge in [-0.2, -0.15) is 0 Å². The second-order valence-electron chi connectivity index (χ2n) is 3.67. The third-order valence-electron chi connectivity index (χ3n) is 2.31. The number of aliphatic carboxylic acids is 1. The van der Waals surface area contributed by atoms with Gasteiger partial charge in [0.15, 0.2) is 0 Å². The number of likely N-dealkylation sites (N-methyl/N-ethyl adjacent to an activating group) is 1. The number of rotatable bonds is 6. The van der Waals surface area contributed by atoms with E-state index in [4.69, 9.17) is 5.11 Å². The van der Waals surface area contributed by atoms with Crippen LogP contribution in [0.25, 0.3) is 0 Å². The summed E-state index contributed by atoms with van der Waals surface area (Å²) in [6, 6.07) is 3.09. The molecule has 1 aromatic rings. The highest BCUT2D eigenvalue weighted by molar-refractivity contribution is 8.00. The van der Waals surface area contributed by atoms with Crippen LogP contribution in [0.3, 0.4) is 0 Å². The van der Waals surface area contributed by atoms with Gasteiger partial charge in [-0.3, -0.25) is 9.59 Å². The second kappa shape index (κ2) is 7.08.